The monoisotopic (exact) mass is 443 g/mol. The van der Waals surface area contributed by atoms with Crippen LogP contribution in [0.1, 0.15) is 23.1 Å². The summed E-state index contributed by atoms with van der Waals surface area (Å²) in [6.07, 6.45) is 2.00. The molecule has 31 heavy (non-hydrogen) atoms. The largest absolute Gasteiger partial charge is 0.372 e. The summed E-state index contributed by atoms with van der Waals surface area (Å²) < 4.78 is 13.5. The number of amides is 3. The summed E-state index contributed by atoms with van der Waals surface area (Å²) in [6.45, 7) is 0.0468. The van der Waals surface area contributed by atoms with Crippen molar-refractivity contribution in [2.45, 2.75) is 25.0 Å². The van der Waals surface area contributed by atoms with E-state index in [0.717, 1.165) is 17.2 Å². The molecule has 160 valence electrons. The molecule has 0 radical (unpaired) electrons. The maximum Gasteiger partial charge on any atom is 0.268 e. The second-order valence-corrected chi connectivity index (χ2v) is 8.06. The number of hydrogen-bond acceptors (Lipinski definition) is 4. The van der Waals surface area contributed by atoms with Crippen molar-refractivity contribution >= 4 is 41.1 Å². The van der Waals surface area contributed by atoms with Crippen LogP contribution in [0.15, 0.2) is 42.0 Å². The van der Waals surface area contributed by atoms with Crippen molar-refractivity contribution in [3.05, 3.63) is 69.5 Å². The third kappa shape index (κ3) is 3.92. The Hall–Kier alpha value is -3.23. The maximum absolute atomic E-state index is 13.5. The van der Waals surface area contributed by atoms with Crippen molar-refractivity contribution in [3.63, 3.8) is 0 Å². The summed E-state index contributed by atoms with van der Waals surface area (Å²) in [5, 5.41) is 13.4. The molecule has 0 spiro atoms. The fourth-order valence-electron chi connectivity index (χ4n) is 3.85. The number of benzene rings is 2. The van der Waals surface area contributed by atoms with Gasteiger partial charge in [0.15, 0.2) is 0 Å². The number of halogens is 2. The molecule has 1 aliphatic carbocycles. The van der Waals surface area contributed by atoms with Gasteiger partial charge in [0.25, 0.3) is 11.8 Å². The molecule has 0 saturated carbocycles. The van der Waals surface area contributed by atoms with Gasteiger partial charge in [-0.15, -0.1) is 0 Å². The summed E-state index contributed by atoms with van der Waals surface area (Å²) in [5.41, 5.74) is 6.17. The minimum atomic E-state index is -2.23. The highest BCUT2D eigenvalue weighted by Gasteiger charge is 2.51. The Morgan fingerprint density at radius 1 is 1.26 bits per heavy atom. The smallest absolute Gasteiger partial charge is 0.268 e. The van der Waals surface area contributed by atoms with Crippen LogP contribution >= 0.6 is 11.6 Å². The number of carbonyl (C=O) groups excluding carboxylic acids is 3. The molecule has 3 amide bonds. The molecule has 0 unspecified atom stereocenters. The highest BCUT2D eigenvalue weighted by molar-refractivity contribution is 6.30. The Bertz CT molecular complexity index is 1130. The molecule has 4 rings (SSSR count). The van der Waals surface area contributed by atoms with E-state index in [0.29, 0.717) is 23.2 Å². The summed E-state index contributed by atoms with van der Waals surface area (Å²) in [6, 6.07) is 9.04. The molecular weight excluding hydrogens is 425 g/mol. The van der Waals surface area contributed by atoms with Gasteiger partial charge in [0.1, 0.15) is 5.82 Å². The lowest BCUT2D eigenvalue weighted by atomic mass is 10.0. The molecule has 2 aliphatic rings. The molecule has 1 saturated heterocycles. The van der Waals surface area contributed by atoms with Gasteiger partial charge in [0.05, 0.1) is 0 Å². The van der Waals surface area contributed by atoms with E-state index in [1.807, 2.05) is 0 Å². The van der Waals surface area contributed by atoms with Crippen molar-refractivity contribution in [2.24, 2.45) is 5.73 Å². The van der Waals surface area contributed by atoms with Gasteiger partial charge in [-0.3, -0.25) is 14.4 Å². The zero-order valence-electron chi connectivity index (χ0n) is 16.3. The van der Waals surface area contributed by atoms with E-state index in [2.05, 4.69) is 5.32 Å². The van der Waals surface area contributed by atoms with Crippen LogP contribution in [0.3, 0.4) is 0 Å². The Balaban J connectivity index is 1.48. The molecule has 1 heterocycles. The normalized spacial score (nSPS) is 19.9. The Morgan fingerprint density at radius 3 is 2.74 bits per heavy atom. The van der Waals surface area contributed by atoms with Crippen molar-refractivity contribution < 1.29 is 23.9 Å². The maximum atomic E-state index is 13.5. The first-order chi connectivity index (χ1) is 14.7. The lowest BCUT2D eigenvalue weighted by Crippen LogP contribution is -2.52. The Labute approximate surface area is 182 Å². The SMILES string of the molecule is NC(=O)C1=Cc2cc(N3CC[C@@](O)(C(=O)NCc4cc(F)cc(Cl)c4)C3=O)ccc2C1. The zero-order valence-corrected chi connectivity index (χ0v) is 17.1. The zero-order chi connectivity index (χ0) is 22.3. The highest BCUT2D eigenvalue weighted by atomic mass is 35.5. The molecule has 4 N–H and O–H groups in total. The fourth-order valence-corrected chi connectivity index (χ4v) is 4.10. The number of nitrogens with two attached hydrogens (primary N) is 1. The van der Waals surface area contributed by atoms with Crippen LogP contribution in [0.4, 0.5) is 10.1 Å². The minimum absolute atomic E-state index is 0.0918. The fraction of sp³-hybridized carbons (Fsp3) is 0.227. The van der Waals surface area contributed by atoms with Crippen LogP contribution in [0.25, 0.3) is 6.08 Å². The lowest BCUT2D eigenvalue weighted by molar-refractivity contribution is -0.149. The van der Waals surface area contributed by atoms with E-state index in [1.165, 1.54) is 17.0 Å². The average molecular weight is 444 g/mol. The van der Waals surface area contributed by atoms with E-state index in [1.54, 1.807) is 24.3 Å². The molecule has 0 bridgehead atoms. The molecule has 1 fully saturated rings. The summed E-state index contributed by atoms with van der Waals surface area (Å²) in [7, 11) is 0. The second kappa shape index (κ2) is 7.79. The number of anilines is 1. The number of rotatable bonds is 5. The van der Waals surface area contributed by atoms with Gasteiger partial charge in [-0.1, -0.05) is 17.7 Å². The van der Waals surface area contributed by atoms with Crippen molar-refractivity contribution in [1.29, 1.82) is 0 Å². The molecule has 1 atom stereocenters. The topological polar surface area (TPSA) is 113 Å². The number of hydrogen-bond donors (Lipinski definition) is 3. The standard InChI is InChI=1S/C22H19ClFN3O4/c23-16-5-12(6-17(24)10-16)11-26-20(29)22(31)3-4-27(21(22)30)18-2-1-13-7-15(19(25)28)8-14(13)9-18/h1-2,5-6,8-10,31H,3-4,7,11H2,(H2,25,28)(H,26,29)/t22-/m1/s1. The van der Waals surface area contributed by atoms with E-state index in [4.69, 9.17) is 17.3 Å². The second-order valence-electron chi connectivity index (χ2n) is 7.62. The van der Waals surface area contributed by atoms with E-state index < -0.39 is 29.1 Å². The number of carbonyl (C=O) groups is 3. The molecular formula is C22H19ClFN3O4. The van der Waals surface area contributed by atoms with Crippen LogP contribution in [0.2, 0.25) is 5.02 Å². The van der Waals surface area contributed by atoms with E-state index >= 15 is 0 Å². The highest BCUT2D eigenvalue weighted by Crippen LogP contribution is 2.33. The Kier molecular flexibility index (Phi) is 5.28. The third-order valence-corrected chi connectivity index (χ3v) is 5.73. The number of nitrogens with zero attached hydrogens (tertiary/aromatic N) is 1. The van der Waals surface area contributed by atoms with Gasteiger partial charge in [-0.05, 0) is 53.1 Å². The summed E-state index contributed by atoms with van der Waals surface area (Å²) in [4.78, 5) is 38.2. The van der Waals surface area contributed by atoms with Gasteiger partial charge >= 0.3 is 0 Å². The number of primary amides is 1. The predicted molar refractivity (Wildman–Crippen MR) is 112 cm³/mol. The van der Waals surface area contributed by atoms with Gasteiger partial charge < -0.3 is 21.1 Å². The third-order valence-electron chi connectivity index (χ3n) is 5.52. The molecule has 2 aromatic rings. The van der Waals surface area contributed by atoms with Gasteiger partial charge in [-0.25, -0.2) is 4.39 Å². The molecule has 0 aromatic heterocycles. The number of nitrogens with one attached hydrogen (secondary N) is 1. The van der Waals surface area contributed by atoms with E-state index in [9.17, 15) is 23.9 Å². The first-order valence-electron chi connectivity index (χ1n) is 9.58. The number of fused-ring (bicyclic) bond motifs is 1. The van der Waals surface area contributed by atoms with Crippen LogP contribution in [-0.2, 0) is 27.3 Å². The van der Waals surface area contributed by atoms with Gasteiger partial charge in [-0.2, -0.15) is 0 Å². The van der Waals surface area contributed by atoms with Crippen LogP contribution in [-0.4, -0.2) is 35.0 Å². The van der Waals surface area contributed by atoms with Crippen LogP contribution in [0, 0.1) is 5.82 Å². The van der Waals surface area contributed by atoms with E-state index in [-0.39, 0.29) is 24.5 Å². The lowest BCUT2D eigenvalue weighted by Gasteiger charge is -2.22. The van der Waals surface area contributed by atoms with Crippen LogP contribution in [0.5, 0.6) is 0 Å². The molecule has 7 nitrogen and oxygen atoms in total. The first-order valence-corrected chi connectivity index (χ1v) is 9.96. The number of aliphatic hydroxyl groups is 1. The quantitative estimate of drug-likeness (QED) is 0.610. The average Bonchev–Trinajstić information content (AvgIpc) is 3.27. The van der Waals surface area contributed by atoms with Crippen molar-refractivity contribution in [3.8, 4) is 0 Å². The van der Waals surface area contributed by atoms with Crippen molar-refractivity contribution in [1.82, 2.24) is 5.32 Å². The minimum Gasteiger partial charge on any atom is -0.372 e. The first kappa shape index (κ1) is 21.0. The van der Waals surface area contributed by atoms with Gasteiger partial charge in [0.2, 0.25) is 11.5 Å². The molecule has 2 aromatic carbocycles. The summed E-state index contributed by atoms with van der Waals surface area (Å²) in [5.74, 6) is -2.67. The van der Waals surface area contributed by atoms with Gasteiger partial charge in [0, 0.05) is 42.2 Å². The summed E-state index contributed by atoms with van der Waals surface area (Å²) >= 11 is 5.80. The predicted octanol–water partition coefficient (Wildman–Crippen LogP) is 1.69. The molecule has 9 heteroatoms. The molecule has 1 aliphatic heterocycles. The van der Waals surface area contributed by atoms with Crippen molar-refractivity contribution in [2.75, 3.05) is 11.4 Å². The van der Waals surface area contributed by atoms with Crippen LogP contribution < -0.4 is 16.0 Å². The Morgan fingerprint density at radius 2 is 2.03 bits per heavy atom.